The predicted octanol–water partition coefficient (Wildman–Crippen LogP) is 8.43. The number of carbonyl (C=O) groups is 3. The van der Waals surface area contributed by atoms with Crippen molar-refractivity contribution in [2.45, 2.75) is 51.7 Å². The van der Waals surface area contributed by atoms with Gasteiger partial charge in [0, 0.05) is 50.0 Å². The van der Waals surface area contributed by atoms with Crippen molar-refractivity contribution in [3.8, 4) is 0 Å². The summed E-state index contributed by atoms with van der Waals surface area (Å²) in [5.41, 5.74) is 9.30. The van der Waals surface area contributed by atoms with Crippen LogP contribution in [0.1, 0.15) is 49.7 Å². The summed E-state index contributed by atoms with van der Waals surface area (Å²) in [5.74, 6) is 0.402. The number of anilines is 2. The molecule has 9 nitrogen and oxygen atoms in total. The molecule has 0 aromatic heterocycles. The second-order valence-electron chi connectivity index (χ2n) is 12.9. The SMILES string of the molecule is Nc1ccccc1.O=C(OCc1ccccc1)N1CCCCC(CNc2ccccc2)C1.O=CC1CCCCN(C(=O)OCc2ccccc2)C1. The molecular formula is C42H52N4O5. The number of nitrogen functional groups attached to an aromatic ring is 1. The summed E-state index contributed by atoms with van der Waals surface area (Å²) < 4.78 is 10.8. The van der Waals surface area contributed by atoms with E-state index in [1.165, 1.54) is 0 Å². The summed E-state index contributed by atoms with van der Waals surface area (Å²) >= 11 is 0. The number of hydrogen-bond donors (Lipinski definition) is 2. The molecule has 51 heavy (non-hydrogen) atoms. The van der Waals surface area contributed by atoms with Crippen molar-refractivity contribution >= 4 is 29.8 Å². The quantitative estimate of drug-likeness (QED) is 0.141. The fourth-order valence-electron chi connectivity index (χ4n) is 5.91. The summed E-state index contributed by atoms with van der Waals surface area (Å²) in [6, 6.07) is 39.1. The van der Waals surface area contributed by atoms with E-state index in [0.717, 1.165) is 86.9 Å². The van der Waals surface area contributed by atoms with Crippen molar-refractivity contribution in [2.75, 3.05) is 43.8 Å². The Bertz CT molecular complexity index is 1540. The zero-order valence-corrected chi connectivity index (χ0v) is 29.5. The summed E-state index contributed by atoms with van der Waals surface area (Å²) in [6.45, 7) is 4.20. The third-order valence-corrected chi connectivity index (χ3v) is 8.76. The van der Waals surface area contributed by atoms with Crippen LogP contribution in [0.15, 0.2) is 121 Å². The van der Waals surface area contributed by atoms with Gasteiger partial charge in [0.15, 0.2) is 0 Å². The van der Waals surface area contributed by atoms with Crippen molar-refractivity contribution < 1.29 is 23.9 Å². The predicted molar refractivity (Wildman–Crippen MR) is 203 cm³/mol. The third kappa shape index (κ3) is 15.0. The van der Waals surface area contributed by atoms with E-state index in [1.807, 2.05) is 114 Å². The Kier molecular flexibility index (Phi) is 16.9. The molecule has 2 aliphatic heterocycles. The van der Waals surface area contributed by atoms with Crippen molar-refractivity contribution in [3.05, 3.63) is 132 Å². The highest BCUT2D eigenvalue weighted by molar-refractivity contribution is 5.69. The van der Waals surface area contributed by atoms with Gasteiger partial charge in [0.1, 0.15) is 19.5 Å². The standard InChI is InChI=1S/C21H26N2O2.C15H19NO3.C6H7N/c24-21(25-17-18-9-3-1-4-10-18)23-14-8-7-11-19(16-23)15-22-20-12-5-2-6-13-20;17-11-14-8-4-5-9-16(10-14)15(18)19-12-13-6-2-1-3-7-13;7-6-4-2-1-3-5-6/h1-6,9-10,12-13,19,22H,7-8,11,14-17H2;1-3,6-7,11,14H,4-5,8-10,12H2;1-5H,7H2. The zero-order valence-electron chi connectivity index (χ0n) is 29.5. The van der Waals surface area contributed by atoms with Crippen LogP contribution in [0.2, 0.25) is 0 Å². The lowest BCUT2D eigenvalue weighted by Crippen LogP contribution is -2.36. The van der Waals surface area contributed by atoms with E-state index in [2.05, 4.69) is 17.4 Å². The number of para-hydroxylation sites is 2. The summed E-state index contributed by atoms with van der Waals surface area (Å²) in [6.07, 6.45) is 6.56. The highest BCUT2D eigenvalue weighted by Crippen LogP contribution is 2.19. The maximum absolute atomic E-state index is 12.4. The van der Waals surface area contributed by atoms with Crippen molar-refractivity contribution in [1.82, 2.24) is 9.80 Å². The van der Waals surface area contributed by atoms with E-state index in [-0.39, 0.29) is 24.7 Å². The van der Waals surface area contributed by atoms with Crippen LogP contribution in [-0.4, -0.2) is 61.0 Å². The van der Waals surface area contributed by atoms with E-state index >= 15 is 0 Å². The van der Waals surface area contributed by atoms with E-state index in [4.69, 9.17) is 15.2 Å². The van der Waals surface area contributed by atoms with E-state index in [9.17, 15) is 14.4 Å². The van der Waals surface area contributed by atoms with Gasteiger partial charge in [-0.05, 0) is 67.0 Å². The van der Waals surface area contributed by atoms with E-state index in [1.54, 1.807) is 4.90 Å². The van der Waals surface area contributed by atoms with Crippen LogP contribution >= 0.6 is 0 Å². The van der Waals surface area contributed by atoms with Gasteiger partial charge in [-0.1, -0.05) is 110 Å². The zero-order chi connectivity index (χ0) is 35.9. The minimum Gasteiger partial charge on any atom is -0.445 e. The molecular weight excluding hydrogens is 640 g/mol. The van der Waals surface area contributed by atoms with Gasteiger partial charge in [-0.15, -0.1) is 0 Å². The molecule has 3 N–H and O–H groups in total. The molecule has 4 aromatic carbocycles. The number of likely N-dealkylation sites (tertiary alicyclic amines) is 2. The molecule has 0 bridgehead atoms. The number of carbonyl (C=O) groups excluding carboxylic acids is 3. The Morgan fingerprint density at radius 3 is 1.61 bits per heavy atom. The summed E-state index contributed by atoms with van der Waals surface area (Å²) in [4.78, 5) is 38.8. The smallest absolute Gasteiger partial charge is 0.410 e. The minimum atomic E-state index is -0.322. The van der Waals surface area contributed by atoms with E-state index in [0.29, 0.717) is 25.6 Å². The van der Waals surface area contributed by atoms with Gasteiger partial charge < -0.3 is 35.1 Å². The Hall–Kier alpha value is -5.31. The molecule has 6 rings (SSSR count). The van der Waals surface area contributed by atoms with Gasteiger partial charge >= 0.3 is 12.2 Å². The molecule has 2 aliphatic rings. The van der Waals surface area contributed by atoms with Crippen LogP contribution in [0.4, 0.5) is 21.0 Å². The highest BCUT2D eigenvalue weighted by atomic mass is 16.6. The number of nitrogens with one attached hydrogen (secondary N) is 1. The van der Waals surface area contributed by atoms with Crippen molar-refractivity contribution in [2.24, 2.45) is 11.8 Å². The first-order valence-electron chi connectivity index (χ1n) is 18.0. The third-order valence-electron chi connectivity index (χ3n) is 8.76. The number of nitrogens with two attached hydrogens (primary N) is 1. The number of aldehydes is 1. The lowest BCUT2D eigenvalue weighted by atomic mass is 10.0. The van der Waals surface area contributed by atoms with Gasteiger partial charge in [-0.3, -0.25) is 0 Å². The Labute approximate surface area is 302 Å². The number of benzene rings is 4. The molecule has 0 spiro atoms. The highest BCUT2D eigenvalue weighted by Gasteiger charge is 2.24. The first-order chi connectivity index (χ1) is 25.0. The lowest BCUT2D eigenvalue weighted by molar-refractivity contribution is -0.111. The number of rotatable bonds is 8. The van der Waals surface area contributed by atoms with Crippen LogP contribution in [0.25, 0.3) is 0 Å². The second-order valence-corrected chi connectivity index (χ2v) is 12.9. The number of amides is 2. The first kappa shape index (κ1) is 38.5. The van der Waals surface area contributed by atoms with Crippen LogP contribution in [-0.2, 0) is 27.5 Å². The molecule has 2 fully saturated rings. The van der Waals surface area contributed by atoms with Crippen molar-refractivity contribution in [3.63, 3.8) is 0 Å². The van der Waals surface area contributed by atoms with Crippen LogP contribution < -0.4 is 11.1 Å². The Morgan fingerprint density at radius 1 is 0.647 bits per heavy atom. The summed E-state index contributed by atoms with van der Waals surface area (Å²) in [7, 11) is 0. The van der Waals surface area contributed by atoms with Gasteiger partial charge in [-0.2, -0.15) is 0 Å². The fraction of sp³-hybridized carbons (Fsp3) is 0.357. The number of hydrogen-bond acceptors (Lipinski definition) is 7. The first-order valence-corrected chi connectivity index (χ1v) is 18.0. The topological polar surface area (TPSA) is 114 Å². The second kappa shape index (κ2) is 22.4. The number of nitrogens with zero attached hydrogens (tertiary/aromatic N) is 2. The number of ether oxygens (including phenoxy) is 2. The van der Waals surface area contributed by atoms with Crippen LogP contribution in [0.3, 0.4) is 0 Å². The molecule has 0 radical (unpaired) electrons. The molecule has 9 heteroatoms. The molecule has 0 saturated carbocycles. The fourth-order valence-corrected chi connectivity index (χ4v) is 5.91. The molecule has 0 aliphatic carbocycles. The minimum absolute atomic E-state index is 0.0493. The normalized spacial score (nSPS) is 17.1. The maximum Gasteiger partial charge on any atom is 0.410 e. The van der Waals surface area contributed by atoms with Gasteiger partial charge in [0.25, 0.3) is 0 Å². The lowest BCUT2D eigenvalue weighted by Gasteiger charge is -2.24. The van der Waals surface area contributed by atoms with Gasteiger partial charge in [-0.25, -0.2) is 9.59 Å². The van der Waals surface area contributed by atoms with E-state index < -0.39 is 0 Å². The van der Waals surface area contributed by atoms with Crippen molar-refractivity contribution in [1.29, 1.82) is 0 Å². The van der Waals surface area contributed by atoms with Crippen LogP contribution in [0, 0.1) is 11.8 Å². The Balaban J connectivity index is 0.000000197. The monoisotopic (exact) mass is 692 g/mol. The molecule has 2 amide bonds. The molecule has 2 unspecified atom stereocenters. The largest absolute Gasteiger partial charge is 0.445 e. The molecule has 2 saturated heterocycles. The van der Waals surface area contributed by atoms with Gasteiger partial charge in [0.2, 0.25) is 0 Å². The average molecular weight is 693 g/mol. The van der Waals surface area contributed by atoms with Crippen LogP contribution in [0.5, 0.6) is 0 Å². The van der Waals surface area contributed by atoms with Gasteiger partial charge in [0.05, 0.1) is 0 Å². The Morgan fingerprint density at radius 2 is 1.12 bits per heavy atom. The average Bonchev–Trinajstić information content (AvgIpc) is 3.59. The summed E-state index contributed by atoms with van der Waals surface area (Å²) in [5, 5.41) is 3.48. The molecule has 2 heterocycles. The molecule has 270 valence electrons. The maximum atomic E-state index is 12.4. The molecule has 2 atom stereocenters. The molecule has 4 aromatic rings.